The Hall–Kier alpha value is -1.34. The number of hydrogen-bond acceptors (Lipinski definition) is 0. The lowest BCUT2D eigenvalue weighted by Gasteiger charge is -2.49. The van der Waals surface area contributed by atoms with E-state index in [1.54, 1.807) is 11.1 Å². The van der Waals surface area contributed by atoms with Crippen molar-refractivity contribution in [1.29, 1.82) is 0 Å². The Morgan fingerprint density at radius 3 is 1.51 bits per heavy atom. The summed E-state index contributed by atoms with van der Waals surface area (Å²) in [6, 6.07) is 21.6. The van der Waals surface area contributed by atoms with E-state index in [0.29, 0.717) is 0 Å². The molecule has 4 fully saturated rings. The summed E-state index contributed by atoms with van der Waals surface area (Å²) in [7, 11) is -1.47. The van der Waals surface area contributed by atoms with Crippen molar-refractivity contribution in [1.82, 2.24) is 0 Å². The van der Waals surface area contributed by atoms with Crippen LogP contribution in [0.15, 0.2) is 54.6 Å². The topological polar surface area (TPSA) is 0 Å². The molecule has 0 nitrogen and oxygen atoms in total. The average molecular weight is 541 g/mol. The van der Waals surface area contributed by atoms with Gasteiger partial charge in [0.15, 0.2) is 0 Å². The minimum absolute atomic E-state index is 0.241. The highest BCUT2D eigenvalue weighted by Gasteiger charge is 2.59. The van der Waals surface area contributed by atoms with Crippen LogP contribution in [0, 0.1) is 35.5 Å². The van der Waals surface area contributed by atoms with Gasteiger partial charge in [-0.25, -0.2) is 0 Å². The normalized spacial score (nSPS) is 38.8. The molecule has 0 heterocycles. The van der Waals surface area contributed by atoms with Gasteiger partial charge in [0, 0.05) is 0 Å². The van der Waals surface area contributed by atoms with Crippen molar-refractivity contribution in [3.8, 4) is 0 Å². The summed E-state index contributed by atoms with van der Waals surface area (Å²) in [4.78, 5) is 0. The summed E-state index contributed by atoms with van der Waals surface area (Å²) in [5, 5.41) is 0. The van der Waals surface area contributed by atoms with Crippen LogP contribution in [0.1, 0.15) is 115 Å². The van der Waals surface area contributed by atoms with Crippen LogP contribution in [0.25, 0.3) is 0 Å². The maximum Gasteiger partial charge on any atom is 0.0546 e. The molecule has 4 aliphatic carbocycles. The molecule has 1 heteroatoms. The molecule has 4 aliphatic rings. The summed E-state index contributed by atoms with van der Waals surface area (Å²) >= 11 is 0. The van der Waals surface area contributed by atoms with Crippen LogP contribution < -0.4 is 0 Å². The van der Waals surface area contributed by atoms with E-state index in [1.807, 2.05) is 0 Å². The quantitative estimate of drug-likeness (QED) is 0.338. The lowest BCUT2D eigenvalue weighted by atomic mass is 9.70. The van der Waals surface area contributed by atoms with Crippen molar-refractivity contribution in [3.05, 3.63) is 71.3 Å². The van der Waals surface area contributed by atoms with E-state index < -0.39 is 8.07 Å². The lowest BCUT2D eigenvalue weighted by molar-refractivity contribution is 0.226. The Morgan fingerprint density at radius 1 is 0.590 bits per heavy atom. The van der Waals surface area contributed by atoms with Crippen LogP contribution in [0.2, 0.25) is 24.2 Å². The zero-order valence-electron chi connectivity index (χ0n) is 26.1. The van der Waals surface area contributed by atoms with Gasteiger partial charge in [0.2, 0.25) is 0 Å². The Bertz CT molecular complexity index is 1110. The molecule has 4 saturated carbocycles. The van der Waals surface area contributed by atoms with Crippen LogP contribution in [0.3, 0.4) is 0 Å². The molecule has 0 N–H and O–H groups in total. The number of benzene rings is 2. The first-order chi connectivity index (χ1) is 18.6. The summed E-state index contributed by atoms with van der Waals surface area (Å²) in [6.45, 7) is 18.2. The minimum Gasteiger partial charge on any atom is -0.0689 e. The standard InChI is InChI=1S/C38H56Si/c1-25-23-34-30(27-13-9-8-10-14-27)15-11-17-32(34)36(25)39(6,7)37-26(2)24-35-31(16-12-18-33(35)37)28-19-21-29(22-20-28)38(3,4)5/h8-10,13-14,19-22,25-26,30-37H,11-12,15-18,23-24H2,1-7H3. The van der Waals surface area contributed by atoms with Gasteiger partial charge in [-0.3, -0.25) is 0 Å². The maximum atomic E-state index is 2.88. The smallest absolute Gasteiger partial charge is 0.0546 e. The molecule has 0 aromatic heterocycles. The highest BCUT2D eigenvalue weighted by atomic mass is 28.3. The molecule has 0 aliphatic heterocycles. The predicted octanol–water partition coefficient (Wildman–Crippen LogP) is 11.2. The molecule has 10 unspecified atom stereocenters. The second kappa shape index (κ2) is 10.5. The number of rotatable bonds is 4. The van der Waals surface area contributed by atoms with Gasteiger partial charge in [-0.2, -0.15) is 0 Å². The van der Waals surface area contributed by atoms with E-state index in [1.165, 1.54) is 56.9 Å². The Morgan fingerprint density at radius 2 is 1.05 bits per heavy atom. The molecule has 0 spiro atoms. The molecule has 6 rings (SSSR count). The van der Waals surface area contributed by atoms with Crippen molar-refractivity contribution in [2.45, 2.75) is 127 Å². The Balaban J connectivity index is 1.25. The van der Waals surface area contributed by atoms with Gasteiger partial charge >= 0.3 is 0 Å². The van der Waals surface area contributed by atoms with Crippen molar-refractivity contribution >= 4 is 8.07 Å². The van der Waals surface area contributed by atoms with Crippen LogP contribution >= 0.6 is 0 Å². The molecule has 0 radical (unpaired) electrons. The lowest BCUT2D eigenvalue weighted by Crippen LogP contribution is -2.47. The molecule has 0 saturated heterocycles. The fraction of sp³-hybridized carbons (Fsp3) is 0.684. The van der Waals surface area contributed by atoms with Crippen LogP contribution in [0.5, 0.6) is 0 Å². The Labute approximate surface area is 241 Å². The first-order valence-corrected chi connectivity index (χ1v) is 19.9. The van der Waals surface area contributed by atoms with Gasteiger partial charge in [-0.05, 0) is 106 Å². The second-order valence-corrected chi connectivity index (χ2v) is 21.3. The molecule has 212 valence electrons. The molecule has 2 aromatic rings. The zero-order chi connectivity index (χ0) is 27.5. The zero-order valence-corrected chi connectivity index (χ0v) is 27.1. The fourth-order valence-corrected chi connectivity index (χ4v) is 18.4. The highest BCUT2D eigenvalue weighted by molar-refractivity contribution is 6.80. The highest BCUT2D eigenvalue weighted by Crippen LogP contribution is 2.67. The van der Waals surface area contributed by atoms with Crippen LogP contribution in [-0.4, -0.2) is 8.07 Å². The van der Waals surface area contributed by atoms with Crippen molar-refractivity contribution < 1.29 is 0 Å². The first-order valence-electron chi connectivity index (χ1n) is 16.7. The molecule has 0 bridgehead atoms. The summed E-state index contributed by atoms with van der Waals surface area (Å²) in [5.41, 5.74) is 7.05. The van der Waals surface area contributed by atoms with E-state index in [-0.39, 0.29) is 5.41 Å². The Kier molecular flexibility index (Phi) is 7.48. The van der Waals surface area contributed by atoms with Gasteiger partial charge in [-0.15, -0.1) is 0 Å². The third kappa shape index (κ3) is 4.91. The molecule has 0 amide bonds. The van der Waals surface area contributed by atoms with Gasteiger partial charge in [-0.1, -0.05) is 128 Å². The second-order valence-electron chi connectivity index (χ2n) is 16.3. The van der Waals surface area contributed by atoms with Gasteiger partial charge in [0.25, 0.3) is 0 Å². The van der Waals surface area contributed by atoms with Crippen molar-refractivity contribution in [3.63, 3.8) is 0 Å². The number of hydrogen-bond donors (Lipinski definition) is 0. The molecular formula is C38H56Si. The molecular weight excluding hydrogens is 485 g/mol. The van der Waals surface area contributed by atoms with Crippen LogP contribution in [0.4, 0.5) is 0 Å². The molecule has 10 atom stereocenters. The third-order valence-electron chi connectivity index (χ3n) is 12.8. The average Bonchev–Trinajstić information content (AvgIpc) is 3.44. The summed E-state index contributed by atoms with van der Waals surface area (Å²) in [5.74, 6) is 7.24. The van der Waals surface area contributed by atoms with E-state index in [2.05, 4.69) is 102 Å². The minimum atomic E-state index is -1.47. The van der Waals surface area contributed by atoms with E-state index in [0.717, 1.165) is 58.4 Å². The number of fused-ring (bicyclic) bond motifs is 2. The first kappa shape index (κ1) is 27.8. The predicted molar refractivity (Wildman–Crippen MR) is 171 cm³/mol. The largest absolute Gasteiger partial charge is 0.0689 e. The molecule has 39 heavy (non-hydrogen) atoms. The van der Waals surface area contributed by atoms with E-state index in [4.69, 9.17) is 0 Å². The summed E-state index contributed by atoms with van der Waals surface area (Å²) in [6.07, 6.45) is 11.7. The van der Waals surface area contributed by atoms with Crippen LogP contribution in [-0.2, 0) is 5.41 Å². The van der Waals surface area contributed by atoms with Gasteiger partial charge < -0.3 is 0 Å². The van der Waals surface area contributed by atoms with Crippen molar-refractivity contribution in [2.24, 2.45) is 35.5 Å². The van der Waals surface area contributed by atoms with E-state index in [9.17, 15) is 0 Å². The van der Waals surface area contributed by atoms with E-state index >= 15 is 0 Å². The third-order valence-corrected chi connectivity index (χ3v) is 18.3. The maximum absolute atomic E-state index is 2.88. The molecule has 2 aromatic carbocycles. The SMILES string of the molecule is CC1CC2C(c3ccccc3)CCCC2C1[Si](C)(C)C1C(C)CC2C(c3ccc(C(C)(C)C)cc3)CCCC21. The van der Waals surface area contributed by atoms with Gasteiger partial charge in [0.1, 0.15) is 0 Å². The fourth-order valence-electron chi connectivity index (χ4n) is 11.7. The van der Waals surface area contributed by atoms with Crippen molar-refractivity contribution in [2.75, 3.05) is 0 Å². The monoisotopic (exact) mass is 540 g/mol. The summed E-state index contributed by atoms with van der Waals surface area (Å²) < 4.78 is 0. The van der Waals surface area contributed by atoms with Gasteiger partial charge in [0.05, 0.1) is 8.07 Å².